The molecule has 1 aromatic carbocycles. The number of hydrogen-bond donors (Lipinski definition) is 2. The number of carbonyl (C=O) groups is 1. The summed E-state index contributed by atoms with van der Waals surface area (Å²) in [6, 6.07) is 7.41. The normalized spacial score (nSPS) is 20.1. The number of carboxylic acid groups (broad SMARTS) is 1. The number of benzene rings is 1. The summed E-state index contributed by atoms with van der Waals surface area (Å²) in [5.74, 6) is 0.0314. The van der Waals surface area contributed by atoms with Crippen molar-refractivity contribution in [1.29, 1.82) is 0 Å². The molecular formula is C14H20N2O3. The molecule has 0 radical (unpaired) electrons. The molecular weight excluding hydrogens is 244 g/mol. The number of rotatable bonds is 5. The molecule has 0 amide bonds. The van der Waals surface area contributed by atoms with Crippen molar-refractivity contribution in [3.8, 4) is 5.75 Å². The number of piperidine rings is 1. The molecule has 5 nitrogen and oxygen atoms in total. The average Bonchev–Trinajstić information content (AvgIpc) is 2.37. The van der Waals surface area contributed by atoms with Gasteiger partial charge in [-0.25, -0.2) is 0 Å². The van der Waals surface area contributed by atoms with Gasteiger partial charge in [0.25, 0.3) is 0 Å². The smallest absolute Gasteiger partial charge is 0.304 e. The molecule has 1 aromatic rings. The molecule has 0 bridgehead atoms. The van der Waals surface area contributed by atoms with Crippen LogP contribution < -0.4 is 10.5 Å². The minimum Gasteiger partial charge on any atom is -0.489 e. The third-order valence-electron chi connectivity index (χ3n) is 3.27. The topological polar surface area (TPSA) is 75.8 Å². The number of ether oxygens (including phenoxy) is 1. The van der Waals surface area contributed by atoms with Gasteiger partial charge in [-0.15, -0.1) is 0 Å². The molecule has 5 heteroatoms. The number of aliphatic carboxylic acids is 1. The first-order valence-electron chi connectivity index (χ1n) is 6.60. The predicted molar refractivity (Wildman–Crippen MR) is 73.2 cm³/mol. The molecule has 1 atom stereocenters. The van der Waals surface area contributed by atoms with E-state index in [2.05, 4.69) is 4.90 Å². The Morgan fingerprint density at radius 2 is 2.37 bits per heavy atom. The lowest BCUT2D eigenvalue weighted by Crippen LogP contribution is -2.41. The Balaban J connectivity index is 1.85. The molecule has 0 saturated carbocycles. The highest BCUT2D eigenvalue weighted by Crippen LogP contribution is 2.20. The molecule has 0 aromatic heterocycles. The largest absolute Gasteiger partial charge is 0.489 e. The van der Waals surface area contributed by atoms with E-state index in [1.807, 2.05) is 24.3 Å². The van der Waals surface area contributed by atoms with Crippen LogP contribution in [0, 0.1) is 0 Å². The number of nitrogens with two attached hydrogens (primary N) is 1. The number of anilines is 1. The molecule has 1 unspecified atom stereocenters. The van der Waals surface area contributed by atoms with E-state index in [1.165, 1.54) is 0 Å². The van der Waals surface area contributed by atoms with Gasteiger partial charge in [-0.2, -0.15) is 0 Å². The fourth-order valence-electron chi connectivity index (χ4n) is 2.35. The summed E-state index contributed by atoms with van der Waals surface area (Å²) < 4.78 is 5.90. The van der Waals surface area contributed by atoms with Crippen LogP contribution in [0.2, 0.25) is 0 Å². The van der Waals surface area contributed by atoms with Crippen molar-refractivity contribution >= 4 is 11.7 Å². The summed E-state index contributed by atoms with van der Waals surface area (Å²) >= 11 is 0. The Labute approximate surface area is 113 Å². The first kappa shape index (κ1) is 13.7. The lowest BCUT2D eigenvalue weighted by molar-refractivity contribution is -0.137. The van der Waals surface area contributed by atoms with Gasteiger partial charge >= 0.3 is 5.97 Å². The zero-order valence-corrected chi connectivity index (χ0v) is 10.9. The zero-order valence-electron chi connectivity index (χ0n) is 10.9. The lowest BCUT2D eigenvalue weighted by atomic mass is 10.1. The Morgan fingerprint density at radius 1 is 1.53 bits per heavy atom. The second-order valence-electron chi connectivity index (χ2n) is 4.90. The Morgan fingerprint density at radius 3 is 3.11 bits per heavy atom. The molecule has 0 aliphatic carbocycles. The lowest BCUT2D eigenvalue weighted by Gasteiger charge is -2.32. The van der Waals surface area contributed by atoms with Crippen LogP contribution in [0.3, 0.4) is 0 Å². The molecule has 104 valence electrons. The van der Waals surface area contributed by atoms with E-state index in [9.17, 15) is 4.79 Å². The summed E-state index contributed by atoms with van der Waals surface area (Å²) in [4.78, 5) is 12.7. The van der Waals surface area contributed by atoms with Crippen molar-refractivity contribution in [2.75, 3.05) is 25.4 Å². The van der Waals surface area contributed by atoms with Gasteiger partial charge in [0.2, 0.25) is 0 Å². The van der Waals surface area contributed by atoms with Gasteiger partial charge in [-0.05, 0) is 31.5 Å². The monoisotopic (exact) mass is 264 g/mol. The fraction of sp³-hybridized carbons (Fsp3) is 0.500. The Bertz CT molecular complexity index is 436. The van der Waals surface area contributed by atoms with E-state index >= 15 is 0 Å². The highest BCUT2D eigenvalue weighted by Gasteiger charge is 2.21. The van der Waals surface area contributed by atoms with Crippen LogP contribution >= 0.6 is 0 Å². The van der Waals surface area contributed by atoms with Crippen LogP contribution in [0.15, 0.2) is 24.3 Å². The fourth-order valence-corrected chi connectivity index (χ4v) is 2.35. The number of hydrogen-bond acceptors (Lipinski definition) is 4. The van der Waals surface area contributed by atoms with E-state index in [0.29, 0.717) is 12.2 Å². The average molecular weight is 264 g/mol. The zero-order chi connectivity index (χ0) is 13.7. The van der Waals surface area contributed by atoms with Crippen molar-refractivity contribution < 1.29 is 14.6 Å². The van der Waals surface area contributed by atoms with Gasteiger partial charge in [-0.3, -0.25) is 9.69 Å². The number of carboxylic acids is 1. The van der Waals surface area contributed by atoms with Gasteiger partial charge in [0.05, 0.1) is 6.42 Å². The third kappa shape index (κ3) is 4.44. The molecule has 1 aliphatic heterocycles. The van der Waals surface area contributed by atoms with Crippen molar-refractivity contribution in [1.82, 2.24) is 4.90 Å². The molecule has 1 saturated heterocycles. The third-order valence-corrected chi connectivity index (χ3v) is 3.27. The van der Waals surface area contributed by atoms with Crippen molar-refractivity contribution in [3.05, 3.63) is 24.3 Å². The predicted octanol–water partition coefficient (Wildman–Crippen LogP) is 1.59. The van der Waals surface area contributed by atoms with Gasteiger partial charge < -0.3 is 15.6 Å². The molecule has 3 N–H and O–H groups in total. The van der Waals surface area contributed by atoms with Gasteiger partial charge in [-0.1, -0.05) is 6.07 Å². The van der Waals surface area contributed by atoms with Crippen LogP contribution in [0.1, 0.15) is 19.3 Å². The number of nitrogens with zero attached hydrogens (tertiary/aromatic N) is 1. The van der Waals surface area contributed by atoms with Crippen LogP contribution in [0.4, 0.5) is 5.69 Å². The van der Waals surface area contributed by atoms with E-state index in [0.717, 1.165) is 31.7 Å². The summed E-state index contributed by atoms with van der Waals surface area (Å²) in [5.41, 5.74) is 6.41. The summed E-state index contributed by atoms with van der Waals surface area (Å²) in [6.07, 6.45) is 2.33. The summed E-state index contributed by atoms with van der Waals surface area (Å²) in [5, 5.41) is 8.70. The SMILES string of the molecule is Nc1cccc(OC2CCCN(CCC(=O)O)C2)c1. The summed E-state index contributed by atoms with van der Waals surface area (Å²) in [7, 11) is 0. The van der Waals surface area contributed by atoms with Crippen LogP contribution in [-0.4, -0.2) is 41.7 Å². The Hall–Kier alpha value is -1.75. The number of nitrogen functional groups attached to an aromatic ring is 1. The maximum absolute atomic E-state index is 10.6. The minimum absolute atomic E-state index is 0.115. The molecule has 2 rings (SSSR count). The number of likely N-dealkylation sites (tertiary alicyclic amines) is 1. The van der Waals surface area contributed by atoms with Gasteiger partial charge in [0.1, 0.15) is 11.9 Å². The van der Waals surface area contributed by atoms with Crippen LogP contribution in [0.5, 0.6) is 5.75 Å². The van der Waals surface area contributed by atoms with Gasteiger partial charge in [0, 0.05) is 24.8 Å². The van der Waals surface area contributed by atoms with Crippen molar-refractivity contribution in [3.63, 3.8) is 0 Å². The first-order valence-corrected chi connectivity index (χ1v) is 6.60. The van der Waals surface area contributed by atoms with Crippen molar-refractivity contribution in [2.45, 2.75) is 25.4 Å². The van der Waals surface area contributed by atoms with Crippen LogP contribution in [0.25, 0.3) is 0 Å². The second kappa shape index (κ2) is 6.43. The van der Waals surface area contributed by atoms with E-state index in [-0.39, 0.29) is 12.5 Å². The highest BCUT2D eigenvalue weighted by atomic mass is 16.5. The second-order valence-corrected chi connectivity index (χ2v) is 4.90. The molecule has 1 aliphatic rings. The van der Waals surface area contributed by atoms with Crippen molar-refractivity contribution in [2.24, 2.45) is 0 Å². The standard InChI is InChI=1S/C14H20N2O3/c15-11-3-1-4-12(9-11)19-13-5-2-7-16(10-13)8-6-14(17)18/h1,3-4,9,13H,2,5-8,10,15H2,(H,17,18). The highest BCUT2D eigenvalue weighted by molar-refractivity contribution is 5.66. The maximum Gasteiger partial charge on any atom is 0.304 e. The molecule has 0 spiro atoms. The first-order chi connectivity index (χ1) is 9.13. The summed E-state index contributed by atoms with van der Waals surface area (Å²) in [6.45, 7) is 2.32. The Kier molecular flexibility index (Phi) is 4.63. The maximum atomic E-state index is 10.6. The molecule has 19 heavy (non-hydrogen) atoms. The van der Waals surface area contributed by atoms with E-state index in [1.54, 1.807) is 0 Å². The molecule has 1 fully saturated rings. The van der Waals surface area contributed by atoms with E-state index in [4.69, 9.17) is 15.6 Å². The van der Waals surface area contributed by atoms with Crippen LogP contribution in [-0.2, 0) is 4.79 Å². The van der Waals surface area contributed by atoms with Gasteiger partial charge in [0.15, 0.2) is 0 Å². The minimum atomic E-state index is -0.751. The quantitative estimate of drug-likeness (QED) is 0.790. The molecule has 1 heterocycles. The van der Waals surface area contributed by atoms with E-state index < -0.39 is 5.97 Å².